The number of hydrogen-bond donors (Lipinski definition) is 14. The minimum Gasteiger partial charge on any atom is -0.475 e. The van der Waals surface area contributed by atoms with Crippen molar-refractivity contribution < 1.29 is 149 Å². The molecule has 0 fully saturated rings. The van der Waals surface area contributed by atoms with Gasteiger partial charge in [0.25, 0.3) is 23.6 Å². The van der Waals surface area contributed by atoms with E-state index in [1.54, 1.807) is 48.5 Å². The van der Waals surface area contributed by atoms with Crippen molar-refractivity contribution in [1.82, 2.24) is 41.2 Å². The zero-order valence-corrected chi connectivity index (χ0v) is 65.9. The lowest BCUT2D eigenvalue weighted by Crippen LogP contribution is -2.27. The third-order valence-electron chi connectivity index (χ3n) is 16.1. The number of carbonyl (C=O) groups is 8. The number of carboxylic acid groups (broad SMARTS) is 4. The monoisotopic (exact) mass is 1770 g/mol. The van der Waals surface area contributed by atoms with E-state index in [4.69, 9.17) is 110 Å². The maximum absolute atomic E-state index is 13.5. The lowest BCUT2D eigenvalue weighted by molar-refractivity contribution is -0.193. The van der Waals surface area contributed by atoms with Gasteiger partial charge in [0.05, 0.1) is 128 Å². The van der Waals surface area contributed by atoms with Gasteiger partial charge in [-0.1, -0.05) is 48.5 Å². The van der Waals surface area contributed by atoms with Gasteiger partial charge in [-0.15, -0.1) is 0 Å². The molecule has 0 atom stereocenters. The molecule has 0 saturated carbocycles. The molecule has 124 heavy (non-hydrogen) atoms. The number of alkyl halides is 12. The molecule has 7 aromatic rings. The van der Waals surface area contributed by atoms with Crippen molar-refractivity contribution in [2.75, 3.05) is 158 Å². The number of ether oxygens (including phenoxy) is 8. The number of aromatic nitrogens is 4. The number of nitrogens with two attached hydrogens (primary N) is 4. The van der Waals surface area contributed by atoms with E-state index < -0.39 is 48.6 Å². The Morgan fingerprint density at radius 2 is 0.435 bits per heavy atom. The van der Waals surface area contributed by atoms with E-state index in [0.29, 0.717) is 225 Å². The number of amides is 4. The van der Waals surface area contributed by atoms with Crippen LogP contribution in [0.1, 0.15) is 64.2 Å². The molecule has 0 saturated heterocycles. The van der Waals surface area contributed by atoms with Crippen molar-refractivity contribution in [3.05, 3.63) is 166 Å². The van der Waals surface area contributed by atoms with Gasteiger partial charge in [-0.25, -0.2) is 29.1 Å². The third-order valence-corrected chi connectivity index (χ3v) is 16.1. The van der Waals surface area contributed by atoms with Crippen LogP contribution in [0.3, 0.4) is 0 Å². The van der Waals surface area contributed by atoms with E-state index in [1.165, 1.54) is 0 Å². The molecule has 4 aromatic carbocycles. The first-order valence-electron chi connectivity index (χ1n) is 37.3. The fourth-order valence-corrected chi connectivity index (χ4v) is 10.5. The number of rotatable bonds is 40. The maximum atomic E-state index is 13.5. The van der Waals surface area contributed by atoms with Crippen molar-refractivity contribution in [1.29, 1.82) is 0 Å². The fourth-order valence-electron chi connectivity index (χ4n) is 10.5. The van der Waals surface area contributed by atoms with Gasteiger partial charge in [0, 0.05) is 119 Å². The summed E-state index contributed by atoms with van der Waals surface area (Å²) in [5, 5.41) is 40.3. The highest BCUT2D eigenvalue weighted by atomic mass is 19.4. The second kappa shape index (κ2) is 52.4. The van der Waals surface area contributed by atoms with Gasteiger partial charge in [-0.2, -0.15) is 52.7 Å². The Hall–Kier alpha value is -12.1. The summed E-state index contributed by atoms with van der Waals surface area (Å²) in [4.78, 5) is 108. The van der Waals surface area contributed by atoms with E-state index in [9.17, 15) is 71.9 Å². The number of halogens is 12. The van der Waals surface area contributed by atoms with Crippen molar-refractivity contribution in [3.63, 3.8) is 0 Å². The van der Waals surface area contributed by atoms with Crippen molar-refractivity contribution in [2.24, 2.45) is 22.9 Å². The van der Waals surface area contributed by atoms with Crippen LogP contribution in [0.25, 0.3) is 90.9 Å². The standard InChI is InChI=1S/C72H86N12O12.4C2HF3O2/c73-25-33-89-41-45-93-37-29-77-69(85)53-9-1-49(2-10-53)65-57-17-19-59(81-57)66(50-3-11-54(12-4-50)70(86)78-30-38-94-46-42-90-34-26-74)61-21-23-63(83-61)68(52-7-15-56(16-8-52)72(88)80-32-40-96-48-44-92-36-28-76)64-24-22-62(84-64)67(60-20-18-58(65)82-60)51-5-13-55(14-6-51)71(87)79-31-39-95-47-43-91-35-27-75;4*3-2(4,5)1(6)7/h1-24,81,84H,25-48,73-76H2,(H,77,85)(H,78,86)(H,79,87)(H,80,88);4*(H,6,7). The van der Waals surface area contributed by atoms with E-state index in [-0.39, 0.29) is 23.6 Å². The Labute approximate surface area is 698 Å². The molecule has 18 N–H and O–H groups in total. The number of nitrogens with zero attached hydrogens (tertiary/aromatic N) is 2. The molecular formula is C80H90F12N12O20. The number of carbonyl (C=O) groups excluding carboxylic acids is 4. The third kappa shape index (κ3) is 35.4. The van der Waals surface area contributed by atoms with Crippen LogP contribution in [0.4, 0.5) is 52.7 Å². The molecule has 44 heteroatoms. The highest BCUT2D eigenvalue weighted by molar-refractivity contribution is 6.03. The van der Waals surface area contributed by atoms with Gasteiger partial charge in [-0.05, 0) is 119 Å². The summed E-state index contributed by atoms with van der Waals surface area (Å²) in [7, 11) is 0. The summed E-state index contributed by atoms with van der Waals surface area (Å²) in [6.07, 6.45) is -12.5. The zero-order valence-electron chi connectivity index (χ0n) is 65.9. The molecule has 0 radical (unpaired) electrons. The first-order chi connectivity index (χ1) is 58.9. The minimum absolute atomic E-state index is 0.261. The second-order valence-corrected chi connectivity index (χ2v) is 25.1. The second-order valence-electron chi connectivity index (χ2n) is 25.1. The van der Waals surface area contributed by atoms with Crippen LogP contribution in [-0.4, -0.2) is 271 Å². The predicted molar refractivity (Wildman–Crippen MR) is 427 cm³/mol. The van der Waals surface area contributed by atoms with E-state index >= 15 is 0 Å². The van der Waals surface area contributed by atoms with Crippen molar-refractivity contribution in [2.45, 2.75) is 24.7 Å². The van der Waals surface area contributed by atoms with Crippen LogP contribution < -0.4 is 44.2 Å². The van der Waals surface area contributed by atoms with Crippen LogP contribution in [0.2, 0.25) is 0 Å². The van der Waals surface area contributed by atoms with Gasteiger partial charge in [0.15, 0.2) is 0 Å². The number of nitrogens with one attached hydrogen (secondary N) is 6. The van der Waals surface area contributed by atoms with Crippen LogP contribution in [0.5, 0.6) is 0 Å². The van der Waals surface area contributed by atoms with Crippen molar-refractivity contribution in [3.8, 4) is 44.5 Å². The van der Waals surface area contributed by atoms with Gasteiger partial charge in [-0.3, -0.25) is 19.2 Å². The largest absolute Gasteiger partial charge is 0.490 e. The Bertz CT molecular complexity index is 4250. The summed E-state index contributed by atoms with van der Waals surface area (Å²) >= 11 is 0. The summed E-state index contributed by atoms with van der Waals surface area (Å²) in [6, 6.07) is 37.4. The lowest BCUT2D eigenvalue weighted by Gasteiger charge is -2.10. The topological polar surface area (TPSA) is 501 Å². The molecule has 9 rings (SSSR count). The Kier molecular flexibility index (Phi) is 43.3. The molecule has 8 bridgehead atoms. The highest BCUT2D eigenvalue weighted by Gasteiger charge is 2.40. The molecule has 674 valence electrons. The van der Waals surface area contributed by atoms with Crippen LogP contribution >= 0.6 is 0 Å². The van der Waals surface area contributed by atoms with Crippen LogP contribution in [-0.2, 0) is 57.1 Å². The van der Waals surface area contributed by atoms with Crippen molar-refractivity contribution >= 4 is 93.9 Å². The van der Waals surface area contributed by atoms with Crippen LogP contribution in [0.15, 0.2) is 121 Å². The average molecular weight is 1770 g/mol. The Balaban J connectivity index is 0.000000836. The summed E-state index contributed by atoms with van der Waals surface area (Å²) in [5.41, 5.74) is 35.2. The van der Waals surface area contributed by atoms with Gasteiger partial charge in [0.1, 0.15) is 0 Å². The molecule has 2 aliphatic rings. The molecule has 4 amide bonds. The number of aromatic amines is 2. The highest BCUT2D eigenvalue weighted by Crippen LogP contribution is 2.39. The van der Waals surface area contributed by atoms with Crippen LogP contribution in [0, 0.1) is 0 Å². The SMILES string of the molecule is NCCOCCOCCNC(=O)c1ccc(-c2c3nc(c(-c4ccc(C(=O)NCCOCCOCCN)cc4)c4ccc([nH]4)c(-c4ccc(C(=O)NCCOCCOCCN)cc4)c4nc(c(-c5ccc(C(=O)NCCOCCOCCN)cc5)c5ccc2[nH]5)C=C4)C=C3)cc1.O=C(O)C(F)(F)F.O=C(O)C(F)(F)F.O=C(O)C(F)(F)F.O=C(O)C(F)(F)F. The van der Waals surface area contributed by atoms with Gasteiger partial charge in [0.2, 0.25) is 0 Å². The van der Waals surface area contributed by atoms with E-state index in [2.05, 4.69) is 31.2 Å². The first kappa shape index (κ1) is 102. The summed E-state index contributed by atoms with van der Waals surface area (Å²) in [5.74, 6) is -12.1. The molecule has 5 heterocycles. The van der Waals surface area contributed by atoms with E-state index in [0.717, 1.165) is 44.5 Å². The summed E-state index contributed by atoms with van der Waals surface area (Å²) < 4.78 is 171. The molecular weight excluding hydrogens is 1680 g/mol. The molecule has 0 unspecified atom stereocenters. The predicted octanol–water partition coefficient (Wildman–Crippen LogP) is 8.74. The Morgan fingerprint density at radius 1 is 0.274 bits per heavy atom. The first-order valence-corrected chi connectivity index (χ1v) is 37.3. The number of aliphatic carboxylic acids is 4. The smallest absolute Gasteiger partial charge is 0.475 e. The fraction of sp³-hybridized carbons (Fsp3) is 0.350. The number of H-pyrrole nitrogens is 2. The minimum atomic E-state index is -5.08. The zero-order chi connectivity index (χ0) is 91.4. The van der Waals surface area contributed by atoms with E-state index in [1.807, 2.05) is 97.1 Å². The molecule has 32 nitrogen and oxygen atoms in total. The number of carboxylic acids is 4. The normalized spacial score (nSPS) is 11.6. The Morgan fingerprint density at radius 3 is 0.589 bits per heavy atom. The van der Waals surface area contributed by atoms with Gasteiger partial charge < -0.3 is 112 Å². The summed E-state index contributed by atoms with van der Waals surface area (Å²) in [6.45, 7) is 9.13. The maximum Gasteiger partial charge on any atom is 0.490 e. The average Bonchev–Trinajstić information content (AvgIpc) is 1.61. The number of benzene rings is 4. The molecule has 0 spiro atoms. The molecule has 3 aromatic heterocycles. The quantitative estimate of drug-likeness (QED) is 0.0126. The molecule has 2 aliphatic heterocycles. The molecule has 0 aliphatic carbocycles. The number of hydrogen-bond acceptors (Lipinski definition) is 22. The van der Waals surface area contributed by atoms with Gasteiger partial charge >= 0.3 is 48.6 Å². The lowest BCUT2D eigenvalue weighted by atomic mass is 10.0. The number of fused-ring (bicyclic) bond motifs is 8.